The zero-order valence-electron chi connectivity index (χ0n) is 15.0. The Kier molecular flexibility index (Phi) is 6.83. The lowest BCUT2D eigenvalue weighted by Crippen LogP contribution is -2.41. The van der Waals surface area contributed by atoms with Crippen LogP contribution in [0.3, 0.4) is 0 Å². The van der Waals surface area contributed by atoms with Crippen LogP contribution in [0.4, 0.5) is 0 Å². The molecule has 1 unspecified atom stereocenters. The van der Waals surface area contributed by atoms with E-state index in [2.05, 4.69) is 37.6 Å². The van der Waals surface area contributed by atoms with Crippen molar-refractivity contribution in [2.24, 2.45) is 12.0 Å². The van der Waals surface area contributed by atoms with Crippen LogP contribution in [0.1, 0.15) is 44.3 Å². The zero-order valence-corrected chi connectivity index (χ0v) is 15.0. The summed E-state index contributed by atoms with van der Waals surface area (Å²) >= 11 is 0. The minimum atomic E-state index is 0.625. The minimum absolute atomic E-state index is 0.625. The van der Waals surface area contributed by atoms with Gasteiger partial charge in [-0.05, 0) is 39.7 Å². The largest absolute Gasteiger partial charge is 0.356 e. The number of aliphatic imine (C=N–C) groups is 1. The molecular weight excluding hydrogens is 290 g/mol. The van der Waals surface area contributed by atoms with Crippen LogP contribution in [-0.2, 0) is 13.6 Å². The van der Waals surface area contributed by atoms with Crippen molar-refractivity contribution < 1.29 is 0 Å². The smallest absolute Gasteiger partial charge is 0.191 e. The third kappa shape index (κ3) is 5.20. The Morgan fingerprint density at radius 2 is 2.13 bits per heavy atom. The second-order valence-corrected chi connectivity index (χ2v) is 6.31. The Bertz CT molecular complexity index is 509. The molecule has 7 heteroatoms. The lowest BCUT2D eigenvalue weighted by Gasteiger charge is -2.33. The summed E-state index contributed by atoms with van der Waals surface area (Å²) in [6.07, 6.45) is 5.20. The molecule has 7 nitrogen and oxygen atoms in total. The van der Waals surface area contributed by atoms with E-state index < -0.39 is 0 Å². The van der Waals surface area contributed by atoms with Crippen molar-refractivity contribution in [3.8, 4) is 0 Å². The molecule has 1 aliphatic heterocycles. The molecule has 0 aromatic carbocycles. The number of nitrogens with zero attached hydrogens (tertiary/aromatic N) is 5. The van der Waals surface area contributed by atoms with Gasteiger partial charge in [0.15, 0.2) is 11.8 Å². The molecule has 1 aromatic heterocycles. The number of likely N-dealkylation sites (tertiary alicyclic amines) is 1. The Labute approximate surface area is 139 Å². The third-order valence-electron chi connectivity index (χ3n) is 4.68. The van der Waals surface area contributed by atoms with Gasteiger partial charge in [0.2, 0.25) is 0 Å². The Morgan fingerprint density at radius 1 is 1.30 bits per heavy atom. The molecule has 0 aliphatic carbocycles. The first-order valence-electron chi connectivity index (χ1n) is 8.65. The van der Waals surface area contributed by atoms with E-state index in [1.807, 2.05) is 18.5 Å². The summed E-state index contributed by atoms with van der Waals surface area (Å²) in [4.78, 5) is 6.86. The highest BCUT2D eigenvalue weighted by atomic mass is 15.3. The van der Waals surface area contributed by atoms with Gasteiger partial charge >= 0.3 is 0 Å². The monoisotopic (exact) mass is 321 g/mol. The first-order valence-corrected chi connectivity index (χ1v) is 8.65. The third-order valence-corrected chi connectivity index (χ3v) is 4.68. The zero-order chi connectivity index (χ0) is 16.7. The summed E-state index contributed by atoms with van der Waals surface area (Å²) in [6.45, 7) is 8.26. The van der Waals surface area contributed by atoms with Crippen LogP contribution in [0.15, 0.2) is 4.99 Å². The SMILES string of the molecule is CN=C(NCCCN1CCCCC1C)NCc1nnc(C)n1C. The second kappa shape index (κ2) is 8.86. The Balaban J connectivity index is 1.66. The van der Waals surface area contributed by atoms with Gasteiger partial charge in [-0.1, -0.05) is 6.42 Å². The average Bonchev–Trinajstić information content (AvgIpc) is 2.87. The Hall–Kier alpha value is -1.63. The molecule has 130 valence electrons. The van der Waals surface area contributed by atoms with Crippen molar-refractivity contribution in [1.82, 2.24) is 30.3 Å². The predicted octanol–water partition coefficient (Wildman–Crippen LogP) is 1.05. The van der Waals surface area contributed by atoms with E-state index in [1.54, 1.807) is 7.05 Å². The fourth-order valence-corrected chi connectivity index (χ4v) is 2.97. The van der Waals surface area contributed by atoms with E-state index in [1.165, 1.54) is 25.8 Å². The predicted molar refractivity (Wildman–Crippen MR) is 93.4 cm³/mol. The number of hydrogen-bond acceptors (Lipinski definition) is 4. The molecule has 2 heterocycles. The maximum atomic E-state index is 4.26. The highest BCUT2D eigenvalue weighted by molar-refractivity contribution is 5.79. The molecule has 2 N–H and O–H groups in total. The number of hydrogen-bond donors (Lipinski definition) is 2. The summed E-state index contributed by atoms with van der Waals surface area (Å²) in [5.41, 5.74) is 0. The molecule has 0 saturated carbocycles. The molecule has 0 spiro atoms. The van der Waals surface area contributed by atoms with E-state index in [4.69, 9.17) is 0 Å². The van der Waals surface area contributed by atoms with Crippen LogP contribution >= 0.6 is 0 Å². The van der Waals surface area contributed by atoms with Gasteiger partial charge in [0.05, 0.1) is 6.54 Å². The highest BCUT2D eigenvalue weighted by Crippen LogP contribution is 2.15. The summed E-state index contributed by atoms with van der Waals surface area (Å²) in [7, 11) is 3.77. The minimum Gasteiger partial charge on any atom is -0.356 e. The molecule has 0 bridgehead atoms. The summed E-state index contributed by atoms with van der Waals surface area (Å²) in [5.74, 6) is 2.64. The molecule has 2 rings (SSSR count). The van der Waals surface area contributed by atoms with Gasteiger partial charge in [0.1, 0.15) is 5.82 Å². The van der Waals surface area contributed by atoms with Crippen molar-refractivity contribution in [2.75, 3.05) is 26.7 Å². The van der Waals surface area contributed by atoms with Crippen LogP contribution in [0.5, 0.6) is 0 Å². The maximum absolute atomic E-state index is 4.26. The molecule has 1 aliphatic rings. The molecule has 23 heavy (non-hydrogen) atoms. The maximum Gasteiger partial charge on any atom is 0.191 e. The molecule has 0 amide bonds. The topological polar surface area (TPSA) is 70.4 Å². The van der Waals surface area contributed by atoms with E-state index in [0.717, 1.165) is 43.2 Å². The highest BCUT2D eigenvalue weighted by Gasteiger charge is 2.17. The quantitative estimate of drug-likeness (QED) is 0.466. The van der Waals surface area contributed by atoms with Gasteiger partial charge in [-0.15, -0.1) is 10.2 Å². The summed E-state index contributed by atoms with van der Waals surface area (Å²) < 4.78 is 1.98. The molecular formula is C16H31N7. The van der Waals surface area contributed by atoms with Gasteiger partial charge < -0.3 is 20.1 Å². The first-order chi connectivity index (χ1) is 11.1. The van der Waals surface area contributed by atoms with Crippen LogP contribution in [-0.4, -0.2) is 58.3 Å². The number of aryl methyl sites for hydroxylation is 1. The number of rotatable bonds is 6. The van der Waals surface area contributed by atoms with Gasteiger partial charge in [0.25, 0.3) is 0 Å². The molecule has 1 saturated heterocycles. The van der Waals surface area contributed by atoms with E-state index in [-0.39, 0.29) is 0 Å². The van der Waals surface area contributed by atoms with Crippen LogP contribution in [0.25, 0.3) is 0 Å². The number of guanidine groups is 1. The van der Waals surface area contributed by atoms with E-state index in [9.17, 15) is 0 Å². The molecule has 1 aromatic rings. The van der Waals surface area contributed by atoms with Crippen molar-refractivity contribution in [2.45, 2.75) is 52.1 Å². The van der Waals surface area contributed by atoms with E-state index in [0.29, 0.717) is 6.54 Å². The van der Waals surface area contributed by atoms with Gasteiger partial charge in [-0.3, -0.25) is 4.99 Å². The molecule has 1 fully saturated rings. The number of aromatic nitrogens is 3. The lowest BCUT2D eigenvalue weighted by molar-refractivity contribution is 0.159. The number of nitrogens with one attached hydrogen (secondary N) is 2. The van der Waals surface area contributed by atoms with E-state index >= 15 is 0 Å². The standard InChI is InChI=1S/C16H31N7/c1-13-8-5-6-10-23(13)11-7-9-18-16(17-3)19-12-15-21-20-14(2)22(15)4/h13H,5-12H2,1-4H3,(H2,17,18,19). The van der Waals surface area contributed by atoms with Gasteiger partial charge in [-0.25, -0.2) is 0 Å². The number of piperidine rings is 1. The van der Waals surface area contributed by atoms with Gasteiger partial charge in [-0.2, -0.15) is 0 Å². The van der Waals surface area contributed by atoms with Gasteiger partial charge in [0, 0.05) is 33.2 Å². The second-order valence-electron chi connectivity index (χ2n) is 6.31. The first kappa shape index (κ1) is 17.7. The average molecular weight is 321 g/mol. The van der Waals surface area contributed by atoms with Crippen molar-refractivity contribution >= 4 is 5.96 Å². The fraction of sp³-hybridized carbons (Fsp3) is 0.812. The molecule has 1 atom stereocenters. The Morgan fingerprint density at radius 3 is 2.78 bits per heavy atom. The fourth-order valence-electron chi connectivity index (χ4n) is 2.97. The van der Waals surface area contributed by atoms with Crippen LogP contribution in [0, 0.1) is 6.92 Å². The normalized spacial score (nSPS) is 19.8. The van der Waals surface area contributed by atoms with Crippen LogP contribution < -0.4 is 10.6 Å². The summed E-state index contributed by atoms with van der Waals surface area (Å²) in [5, 5.41) is 14.9. The van der Waals surface area contributed by atoms with Crippen molar-refractivity contribution in [1.29, 1.82) is 0 Å². The lowest BCUT2D eigenvalue weighted by atomic mass is 10.0. The van der Waals surface area contributed by atoms with Crippen molar-refractivity contribution in [3.05, 3.63) is 11.6 Å². The van der Waals surface area contributed by atoms with Crippen molar-refractivity contribution in [3.63, 3.8) is 0 Å². The summed E-state index contributed by atoms with van der Waals surface area (Å²) in [6, 6.07) is 0.736. The molecule has 0 radical (unpaired) electrons. The van der Waals surface area contributed by atoms with Crippen LogP contribution in [0.2, 0.25) is 0 Å².